The number of halogens is 3. The van der Waals surface area contributed by atoms with Crippen molar-refractivity contribution in [3.63, 3.8) is 0 Å². The normalized spacial score (nSPS) is 10.6. The van der Waals surface area contributed by atoms with Gasteiger partial charge in [-0.25, -0.2) is 9.38 Å². The zero-order valence-corrected chi connectivity index (χ0v) is 16.3. The van der Waals surface area contributed by atoms with Crippen molar-refractivity contribution < 1.29 is 13.9 Å². The maximum Gasteiger partial charge on any atom is 0.246 e. The van der Waals surface area contributed by atoms with Crippen LogP contribution in [0.1, 0.15) is 0 Å². The van der Waals surface area contributed by atoms with Crippen LogP contribution in [0.15, 0.2) is 47.5 Å². The first-order chi connectivity index (χ1) is 11.5. The van der Waals surface area contributed by atoms with Crippen molar-refractivity contribution >= 4 is 58.8 Å². The fourth-order valence-electron chi connectivity index (χ4n) is 1.82. The lowest BCUT2D eigenvalue weighted by atomic mass is 10.3. The lowest BCUT2D eigenvalue weighted by Crippen LogP contribution is -2.25. The Morgan fingerprint density at radius 3 is 2.44 bits per heavy atom. The van der Waals surface area contributed by atoms with Gasteiger partial charge >= 0.3 is 0 Å². The predicted molar refractivity (Wildman–Crippen MR) is 109 cm³/mol. The number of guanidine groups is 1. The quantitative estimate of drug-likeness (QED) is 0.349. The molecule has 25 heavy (non-hydrogen) atoms. The van der Waals surface area contributed by atoms with Crippen molar-refractivity contribution in [3.05, 3.63) is 53.3 Å². The number of nitrogens with zero attached hydrogens (tertiary/aromatic N) is 1. The van der Waals surface area contributed by atoms with Crippen LogP contribution >= 0.6 is 35.6 Å². The van der Waals surface area contributed by atoms with E-state index < -0.39 is 0 Å². The summed E-state index contributed by atoms with van der Waals surface area (Å²) in [5.74, 6) is -0.154. The molecule has 0 aliphatic rings. The van der Waals surface area contributed by atoms with Crippen LogP contribution in [-0.4, -0.2) is 25.5 Å². The predicted octanol–water partition coefficient (Wildman–Crippen LogP) is 3.47. The molecule has 0 radical (unpaired) electrons. The van der Waals surface area contributed by atoms with Crippen LogP contribution in [0.3, 0.4) is 0 Å². The molecule has 6 nitrogen and oxygen atoms in total. The number of rotatable bonds is 5. The maximum atomic E-state index is 12.8. The summed E-state index contributed by atoms with van der Waals surface area (Å²) in [6.07, 6.45) is 0. The molecule has 0 spiro atoms. The van der Waals surface area contributed by atoms with Gasteiger partial charge < -0.3 is 21.1 Å². The first-order valence-corrected chi connectivity index (χ1v) is 7.31. The molecule has 0 saturated carbocycles. The third-order valence-electron chi connectivity index (χ3n) is 2.95. The van der Waals surface area contributed by atoms with E-state index in [1.54, 1.807) is 18.2 Å². The maximum absolute atomic E-state index is 12.8. The number of benzene rings is 2. The standard InChI is InChI=1S/C16H16ClFN4O2.HI/c1-24-14-7-6-12(8-13(14)17)22-16(19)20-9-15(23)21-11-4-2-10(18)3-5-11;/h2-8H,9H2,1H3,(H,21,23)(H3,19,20,22);1H. The number of carbonyl (C=O) groups excluding carboxylic acids is 1. The highest BCUT2D eigenvalue weighted by Gasteiger charge is 2.04. The van der Waals surface area contributed by atoms with Crippen molar-refractivity contribution in [3.8, 4) is 5.75 Å². The number of methoxy groups -OCH3 is 1. The number of nitrogens with two attached hydrogens (primary N) is 1. The number of ether oxygens (including phenoxy) is 1. The van der Waals surface area contributed by atoms with E-state index >= 15 is 0 Å². The van der Waals surface area contributed by atoms with Gasteiger partial charge in [-0.2, -0.15) is 0 Å². The van der Waals surface area contributed by atoms with Crippen LogP contribution in [-0.2, 0) is 4.79 Å². The number of nitrogens with one attached hydrogen (secondary N) is 2. The SMILES string of the molecule is COc1ccc(NC(N)=NCC(=O)Nc2ccc(F)cc2)cc1Cl.I. The first-order valence-electron chi connectivity index (χ1n) is 6.94. The topological polar surface area (TPSA) is 88.7 Å². The second-order valence-electron chi connectivity index (χ2n) is 4.73. The Hall–Kier alpha value is -2.07. The molecule has 2 rings (SSSR count). The van der Waals surface area contributed by atoms with E-state index in [1.165, 1.54) is 31.4 Å². The molecule has 0 aliphatic heterocycles. The van der Waals surface area contributed by atoms with Gasteiger partial charge in [-0.1, -0.05) is 11.6 Å². The summed E-state index contributed by atoms with van der Waals surface area (Å²) in [5, 5.41) is 5.82. The Labute approximate surface area is 166 Å². The van der Waals surface area contributed by atoms with Gasteiger partial charge in [0, 0.05) is 11.4 Å². The molecular weight excluding hydrogens is 462 g/mol. The molecule has 0 aromatic heterocycles. The van der Waals surface area contributed by atoms with Gasteiger partial charge in [0.2, 0.25) is 5.91 Å². The van der Waals surface area contributed by atoms with E-state index in [2.05, 4.69) is 15.6 Å². The second-order valence-corrected chi connectivity index (χ2v) is 5.14. The van der Waals surface area contributed by atoms with E-state index in [9.17, 15) is 9.18 Å². The zero-order valence-electron chi connectivity index (χ0n) is 13.3. The van der Waals surface area contributed by atoms with Crippen LogP contribution in [0.2, 0.25) is 5.02 Å². The van der Waals surface area contributed by atoms with E-state index in [0.717, 1.165) is 0 Å². The molecular formula is C16H17ClFIN4O2. The van der Waals surface area contributed by atoms with Gasteiger partial charge in [0.1, 0.15) is 18.1 Å². The van der Waals surface area contributed by atoms with Crippen molar-refractivity contribution in [2.45, 2.75) is 0 Å². The Morgan fingerprint density at radius 1 is 1.20 bits per heavy atom. The molecule has 0 fully saturated rings. The minimum absolute atomic E-state index is 0. The average Bonchev–Trinajstić information content (AvgIpc) is 2.55. The van der Waals surface area contributed by atoms with Crippen molar-refractivity contribution in [2.75, 3.05) is 24.3 Å². The van der Waals surface area contributed by atoms with Crippen molar-refractivity contribution in [1.82, 2.24) is 0 Å². The van der Waals surface area contributed by atoms with E-state index in [1.807, 2.05) is 0 Å². The molecule has 1 amide bonds. The monoisotopic (exact) mass is 478 g/mol. The Bertz CT molecular complexity index is 756. The average molecular weight is 479 g/mol. The number of hydrogen-bond donors (Lipinski definition) is 3. The zero-order chi connectivity index (χ0) is 17.5. The molecule has 0 bridgehead atoms. The largest absolute Gasteiger partial charge is 0.495 e. The fraction of sp³-hybridized carbons (Fsp3) is 0.125. The Morgan fingerprint density at radius 2 is 1.84 bits per heavy atom. The van der Waals surface area contributed by atoms with Crippen LogP contribution in [0, 0.1) is 5.82 Å². The summed E-state index contributed by atoms with van der Waals surface area (Å²) in [6, 6.07) is 10.4. The third kappa shape index (κ3) is 6.75. The molecule has 0 unspecified atom stereocenters. The Balaban J connectivity index is 0.00000312. The first kappa shape index (κ1) is 21.0. The number of amides is 1. The van der Waals surface area contributed by atoms with Crippen LogP contribution < -0.4 is 21.1 Å². The van der Waals surface area contributed by atoms with Crippen molar-refractivity contribution in [1.29, 1.82) is 0 Å². The van der Waals surface area contributed by atoms with Crippen LogP contribution in [0.4, 0.5) is 15.8 Å². The lowest BCUT2D eigenvalue weighted by Gasteiger charge is -2.08. The molecule has 134 valence electrons. The van der Waals surface area contributed by atoms with Gasteiger partial charge in [-0.3, -0.25) is 4.79 Å². The van der Waals surface area contributed by atoms with E-state index in [4.69, 9.17) is 22.1 Å². The highest BCUT2D eigenvalue weighted by molar-refractivity contribution is 14.0. The number of anilines is 2. The van der Waals surface area contributed by atoms with E-state index in [-0.39, 0.29) is 48.2 Å². The minimum atomic E-state index is -0.377. The van der Waals surface area contributed by atoms with Gasteiger partial charge in [0.15, 0.2) is 5.96 Å². The van der Waals surface area contributed by atoms with Crippen molar-refractivity contribution in [2.24, 2.45) is 10.7 Å². The van der Waals surface area contributed by atoms with Gasteiger partial charge in [0.05, 0.1) is 12.1 Å². The van der Waals surface area contributed by atoms with Gasteiger partial charge in [0.25, 0.3) is 0 Å². The number of hydrogen-bond acceptors (Lipinski definition) is 3. The molecule has 0 atom stereocenters. The second kappa shape index (κ2) is 10.0. The lowest BCUT2D eigenvalue weighted by molar-refractivity contribution is -0.114. The highest BCUT2D eigenvalue weighted by Crippen LogP contribution is 2.26. The van der Waals surface area contributed by atoms with E-state index in [0.29, 0.717) is 22.1 Å². The molecule has 9 heteroatoms. The van der Waals surface area contributed by atoms with Gasteiger partial charge in [-0.15, -0.1) is 24.0 Å². The summed E-state index contributed by atoms with van der Waals surface area (Å²) < 4.78 is 17.8. The smallest absolute Gasteiger partial charge is 0.246 e. The highest BCUT2D eigenvalue weighted by atomic mass is 127. The summed E-state index contributed by atoms with van der Waals surface area (Å²) >= 11 is 6.01. The van der Waals surface area contributed by atoms with Crippen LogP contribution in [0.25, 0.3) is 0 Å². The molecule has 0 saturated heterocycles. The number of carbonyl (C=O) groups is 1. The fourth-order valence-corrected chi connectivity index (χ4v) is 2.08. The summed E-state index contributed by atoms with van der Waals surface area (Å²) in [7, 11) is 1.52. The van der Waals surface area contributed by atoms with Crippen LogP contribution in [0.5, 0.6) is 5.75 Å². The molecule has 2 aromatic rings. The Kier molecular flexibility index (Phi) is 8.42. The summed E-state index contributed by atoms with van der Waals surface area (Å²) in [5.41, 5.74) is 6.81. The third-order valence-corrected chi connectivity index (χ3v) is 3.24. The molecule has 0 aliphatic carbocycles. The number of aliphatic imine (C=N–C) groups is 1. The molecule has 2 aromatic carbocycles. The summed E-state index contributed by atoms with van der Waals surface area (Å²) in [4.78, 5) is 15.7. The molecule has 4 N–H and O–H groups in total. The molecule has 0 heterocycles. The minimum Gasteiger partial charge on any atom is -0.495 e. The summed E-state index contributed by atoms with van der Waals surface area (Å²) in [6.45, 7) is -0.180. The van der Waals surface area contributed by atoms with Gasteiger partial charge in [-0.05, 0) is 42.5 Å².